The fourth-order valence-electron chi connectivity index (χ4n) is 2.77. The van der Waals surface area contributed by atoms with Crippen LogP contribution in [-0.2, 0) is 9.53 Å². The van der Waals surface area contributed by atoms with Crippen LogP contribution in [0.15, 0.2) is 48.8 Å². The molecule has 3 rings (SSSR count). The third-order valence-corrected chi connectivity index (χ3v) is 5.12. The number of benzene rings is 1. The summed E-state index contributed by atoms with van der Waals surface area (Å²) in [6.45, 7) is 9.37. The van der Waals surface area contributed by atoms with Crippen LogP contribution in [-0.4, -0.2) is 29.1 Å². The summed E-state index contributed by atoms with van der Waals surface area (Å²) in [5.41, 5.74) is 1.03. The molecule has 151 valence electrons. The molecule has 1 aromatic carbocycles. The monoisotopic (exact) mass is 410 g/mol. The Bertz CT molecular complexity index is 973. The number of thiophene rings is 1. The fraction of sp³-hybridized carbons (Fsp3) is 0.273. The summed E-state index contributed by atoms with van der Waals surface area (Å²) >= 11 is 1.46. The van der Waals surface area contributed by atoms with Crippen LogP contribution in [0.3, 0.4) is 0 Å². The summed E-state index contributed by atoms with van der Waals surface area (Å²) in [7, 11) is 0. The topological polar surface area (TPSA) is 80.3 Å². The maximum Gasteiger partial charge on any atom is 0.407 e. The number of pyridine rings is 1. The Labute approximate surface area is 174 Å². The van der Waals surface area contributed by atoms with Crippen molar-refractivity contribution in [3.8, 4) is 0 Å². The molecule has 3 aromatic rings. The van der Waals surface area contributed by atoms with Gasteiger partial charge in [0.05, 0.1) is 15.6 Å². The lowest BCUT2D eigenvalue weighted by molar-refractivity contribution is -0.117. The first-order valence-electron chi connectivity index (χ1n) is 9.24. The molecule has 0 aliphatic rings. The van der Waals surface area contributed by atoms with Crippen molar-refractivity contribution in [1.82, 2.24) is 10.3 Å². The van der Waals surface area contributed by atoms with E-state index in [1.807, 2.05) is 36.4 Å². The summed E-state index contributed by atoms with van der Waals surface area (Å²) in [4.78, 5) is 29.2. The van der Waals surface area contributed by atoms with Crippen molar-refractivity contribution in [1.29, 1.82) is 0 Å². The quantitative estimate of drug-likeness (QED) is 0.637. The summed E-state index contributed by atoms with van der Waals surface area (Å²) in [5.74, 6) is -0.788. The van der Waals surface area contributed by atoms with E-state index in [9.17, 15) is 9.59 Å². The summed E-state index contributed by atoms with van der Waals surface area (Å²) in [5, 5.41) is 7.41. The second-order valence-corrected chi connectivity index (χ2v) is 8.77. The molecule has 0 saturated carbocycles. The number of hydrogen-bond donors (Lipinski definition) is 2. The van der Waals surface area contributed by atoms with Crippen molar-refractivity contribution in [2.75, 3.05) is 11.9 Å². The van der Waals surface area contributed by atoms with E-state index in [1.54, 1.807) is 33.2 Å². The number of carbonyl (C=O) groups excluding carboxylic acids is 2. The zero-order valence-electron chi connectivity index (χ0n) is 16.7. The molecule has 1 atom stereocenters. The van der Waals surface area contributed by atoms with Gasteiger partial charge in [0.15, 0.2) is 0 Å². The van der Waals surface area contributed by atoms with E-state index in [4.69, 9.17) is 4.74 Å². The Hall–Kier alpha value is -2.93. The van der Waals surface area contributed by atoms with Gasteiger partial charge < -0.3 is 15.4 Å². The second kappa shape index (κ2) is 8.61. The third kappa shape index (κ3) is 5.77. The van der Waals surface area contributed by atoms with Gasteiger partial charge in [-0.05, 0) is 56.3 Å². The van der Waals surface area contributed by atoms with Crippen molar-refractivity contribution in [2.24, 2.45) is 0 Å². The first kappa shape index (κ1) is 20.8. The summed E-state index contributed by atoms with van der Waals surface area (Å²) < 4.78 is 6.28. The van der Waals surface area contributed by atoms with Crippen LogP contribution in [0.5, 0.6) is 0 Å². The van der Waals surface area contributed by atoms with Gasteiger partial charge in [0.1, 0.15) is 5.60 Å². The highest BCUT2D eigenvalue weighted by Gasteiger charge is 2.24. The van der Waals surface area contributed by atoms with Gasteiger partial charge in [-0.25, -0.2) is 4.79 Å². The molecule has 0 bridgehead atoms. The van der Waals surface area contributed by atoms with Gasteiger partial charge in [-0.1, -0.05) is 24.3 Å². The van der Waals surface area contributed by atoms with E-state index in [1.165, 1.54) is 11.3 Å². The van der Waals surface area contributed by atoms with E-state index in [0.29, 0.717) is 0 Å². The molecule has 7 heteroatoms. The molecule has 29 heavy (non-hydrogen) atoms. The summed E-state index contributed by atoms with van der Waals surface area (Å²) in [6, 6.07) is 11.2. The number of anilines is 1. The van der Waals surface area contributed by atoms with Crippen LogP contribution in [0.2, 0.25) is 0 Å². The number of nitrogens with one attached hydrogen (secondary N) is 2. The molecular weight excluding hydrogens is 386 g/mol. The average molecular weight is 411 g/mol. The molecule has 0 unspecified atom stereocenters. The number of rotatable bonds is 5. The Balaban J connectivity index is 1.76. The molecular formula is C22H24N3O3S. The third-order valence-electron chi connectivity index (χ3n) is 4.12. The minimum atomic E-state index is -0.609. The molecule has 6 nitrogen and oxygen atoms in total. The second-order valence-electron chi connectivity index (χ2n) is 7.69. The van der Waals surface area contributed by atoms with E-state index in [0.717, 1.165) is 26.2 Å². The maximum atomic E-state index is 13.0. The molecule has 0 aliphatic carbocycles. The van der Waals surface area contributed by atoms with E-state index >= 15 is 0 Å². The highest BCUT2D eigenvalue weighted by atomic mass is 32.1. The predicted octanol–water partition coefficient (Wildman–Crippen LogP) is 4.73. The fourth-order valence-corrected chi connectivity index (χ4v) is 3.70. The van der Waals surface area contributed by atoms with Gasteiger partial charge in [0.2, 0.25) is 5.91 Å². The van der Waals surface area contributed by atoms with Gasteiger partial charge >= 0.3 is 6.09 Å². The van der Waals surface area contributed by atoms with E-state index in [-0.39, 0.29) is 12.5 Å². The minimum Gasteiger partial charge on any atom is -0.444 e. The maximum absolute atomic E-state index is 13.0. The smallest absolute Gasteiger partial charge is 0.407 e. The Kier molecular flexibility index (Phi) is 6.17. The molecule has 2 aromatic heterocycles. The van der Waals surface area contributed by atoms with Crippen LogP contribution < -0.4 is 10.6 Å². The number of alkyl carbamates (subject to hydrolysis) is 1. The molecule has 0 fully saturated rings. The number of aromatic nitrogens is 1. The number of nitrogens with zero attached hydrogens (tertiary/aromatic N) is 1. The van der Waals surface area contributed by atoms with Crippen LogP contribution >= 0.6 is 11.3 Å². The van der Waals surface area contributed by atoms with Crippen molar-refractivity contribution < 1.29 is 14.3 Å². The highest BCUT2D eigenvalue weighted by Crippen LogP contribution is 2.30. The van der Waals surface area contributed by atoms with Gasteiger partial charge in [0, 0.05) is 18.9 Å². The van der Waals surface area contributed by atoms with Gasteiger partial charge in [-0.15, -0.1) is 11.3 Å². The molecule has 2 amide bonds. The summed E-state index contributed by atoms with van der Waals surface area (Å²) in [6.07, 6.45) is 2.93. The molecule has 2 N–H and O–H groups in total. The van der Waals surface area contributed by atoms with Crippen LogP contribution in [0.4, 0.5) is 9.80 Å². The van der Waals surface area contributed by atoms with Gasteiger partial charge in [-0.2, -0.15) is 0 Å². The van der Waals surface area contributed by atoms with Crippen LogP contribution in [0.25, 0.3) is 10.1 Å². The van der Waals surface area contributed by atoms with Crippen molar-refractivity contribution in [3.05, 3.63) is 66.8 Å². The lowest BCUT2D eigenvalue weighted by Gasteiger charge is -2.22. The Morgan fingerprint density at radius 2 is 1.93 bits per heavy atom. The molecule has 2 heterocycles. The Morgan fingerprint density at radius 1 is 1.21 bits per heavy atom. The predicted molar refractivity (Wildman–Crippen MR) is 116 cm³/mol. The van der Waals surface area contributed by atoms with E-state index in [2.05, 4.69) is 22.5 Å². The number of carbonyl (C=O) groups is 2. The highest BCUT2D eigenvalue weighted by molar-refractivity contribution is 7.22. The van der Waals surface area contributed by atoms with E-state index < -0.39 is 17.6 Å². The SMILES string of the molecule is [CH2]c1ccc([C@@H](CNC(=O)OC(C)(C)C)C(=O)Nc2cc3ccncc3s2)cc1. The minimum absolute atomic E-state index is 0.115. The lowest BCUT2D eigenvalue weighted by atomic mass is 9.97. The Morgan fingerprint density at radius 3 is 2.59 bits per heavy atom. The average Bonchev–Trinajstić information content (AvgIpc) is 3.04. The van der Waals surface area contributed by atoms with Gasteiger partial charge in [-0.3, -0.25) is 9.78 Å². The van der Waals surface area contributed by atoms with Crippen LogP contribution in [0, 0.1) is 6.92 Å². The molecule has 1 radical (unpaired) electrons. The van der Waals surface area contributed by atoms with Gasteiger partial charge in [0.25, 0.3) is 0 Å². The van der Waals surface area contributed by atoms with Crippen LogP contribution in [0.1, 0.15) is 37.8 Å². The molecule has 0 saturated heterocycles. The number of amides is 2. The van der Waals surface area contributed by atoms with Crippen molar-refractivity contribution in [3.63, 3.8) is 0 Å². The lowest BCUT2D eigenvalue weighted by Crippen LogP contribution is -2.37. The number of fused-ring (bicyclic) bond motifs is 1. The zero-order valence-corrected chi connectivity index (χ0v) is 17.5. The standard InChI is InChI=1S/C22H24N3O3S/c1-14-5-7-15(8-6-14)17(12-24-21(27)28-22(2,3)4)20(26)25-19-11-16-9-10-23-13-18(16)29-19/h5-11,13,17H,1,12H2,2-4H3,(H,24,27)(H,25,26)/t17-/m1/s1. The number of hydrogen-bond acceptors (Lipinski definition) is 5. The first-order chi connectivity index (χ1) is 13.7. The number of ether oxygens (including phenoxy) is 1. The molecule has 0 spiro atoms. The van der Waals surface area contributed by atoms with Crippen molar-refractivity contribution in [2.45, 2.75) is 32.3 Å². The largest absolute Gasteiger partial charge is 0.444 e. The normalized spacial score (nSPS) is 12.4. The first-order valence-corrected chi connectivity index (χ1v) is 10.1. The molecule has 0 aliphatic heterocycles. The zero-order chi connectivity index (χ0) is 21.0. The van der Waals surface area contributed by atoms with Crippen molar-refractivity contribution >= 4 is 38.4 Å².